The Morgan fingerprint density at radius 1 is 0.931 bits per heavy atom. The Labute approximate surface area is 169 Å². The molecular weight excluding hydrogens is 389 g/mol. The monoisotopic (exact) mass is 403 g/mol. The summed E-state index contributed by atoms with van der Waals surface area (Å²) in [7, 11) is 0. The third-order valence-electron chi connectivity index (χ3n) is 4.84. The number of para-hydroxylation sites is 1. The number of carbonyl (C=O) groups is 2. The van der Waals surface area contributed by atoms with Gasteiger partial charge in [-0.05, 0) is 53.9 Å². The number of benzene rings is 2. The van der Waals surface area contributed by atoms with Crippen LogP contribution in [-0.4, -0.2) is 21.6 Å². The Morgan fingerprint density at radius 2 is 1.69 bits per heavy atom. The molecule has 0 aliphatic carbocycles. The Morgan fingerprint density at radius 3 is 2.38 bits per heavy atom. The Bertz CT molecular complexity index is 1200. The van der Waals surface area contributed by atoms with E-state index in [1.165, 1.54) is 33.1 Å². The van der Waals surface area contributed by atoms with Crippen LogP contribution in [0.4, 0.5) is 10.1 Å². The van der Waals surface area contributed by atoms with Gasteiger partial charge in [0.05, 0.1) is 5.69 Å². The van der Waals surface area contributed by atoms with Crippen LogP contribution in [0.15, 0.2) is 78.2 Å². The first-order valence-corrected chi connectivity index (χ1v) is 9.84. The number of hydrogen-bond acceptors (Lipinski definition) is 4. The Hall–Kier alpha value is -3.58. The van der Waals surface area contributed by atoms with Gasteiger partial charge in [-0.25, -0.2) is 4.39 Å². The molecule has 0 spiro atoms. The van der Waals surface area contributed by atoms with Crippen molar-refractivity contribution in [2.24, 2.45) is 0 Å². The van der Waals surface area contributed by atoms with Crippen molar-refractivity contribution in [3.63, 3.8) is 0 Å². The van der Waals surface area contributed by atoms with Crippen molar-refractivity contribution in [1.82, 2.24) is 9.78 Å². The lowest BCUT2D eigenvalue weighted by Crippen LogP contribution is -2.47. The summed E-state index contributed by atoms with van der Waals surface area (Å²) in [5, 5.41) is 6.25. The number of aromatic nitrogens is 2. The van der Waals surface area contributed by atoms with E-state index in [1.807, 2.05) is 35.7 Å². The summed E-state index contributed by atoms with van der Waals surface area (Å²) >= 11 is 1.42. The molecule has 2 aromatic carbocycles. The van der Waals surface area contributed by atoms with Crippen LogP contribution in [0.5, 0.6) is 0 Å². The zero-order chi connectivity index (χ0) is 20.0. The molecule has 142 valence electrons. The molecule has 1 atom stereocenters. The van der Waals surface area contributed by atoms with Crippen LogP contribution in [0.25, 0.3) is 11.3 Å². The van der Waals surface area contributed by atoms with Gasteiger partial charge in [0, 0.05) is 16.1 Å². The van der Waals surface area contributed by atoms with Crippen LogP contribution in [0.2, 0.25) is 0 Å². The van der Waals surface area contributed by atoms with E-state index in [1.54, 1.807) is 30.3 Å². The van der Waals surface area contributed by atoms with E-state index < -0.39 is 6.04 Å². The zero-order valence-corrected chi connectivity index (χ0v) is 15.8. The fraction of sp³-hybridized carbons (Fsp3) is 0.0455. The molecule has 0 radical (unpaired) electrons. The highest BCUT2D eigenvalue weighted by atomic mass is 32.1. The van der Waals surface area contributed by atoms with Crippen molar-refractivity contribution in [2.45, 2.75) is 6.04 Å². The van der Waals surface area contributed by atoms with E-state index in [4.69, 9.17) is 0 Å². The van der Waals surface area contributed by atoms with E-state index in [-0.39, 0.29) is 23.3 Å². The average Bonchev–Trinajstić information content (AvgIpc) is 3.42. The van der Waals surface area contributed by atoms with Gasteiger partial charge in [-0.3, -0.25) is 14.5 Å². The third-order valence-corrected chi connectivity index (χ3v) is 5.76. The summed E-state index contributed by atoms with van der Waals surface area (Å²) in [6.45, 7) is 0. The van der Waals surface area contributed by atoms with Gasteiger partial charge >= 0.3 is 0 Å². The van der Waals surface area contributed by atoms with Crippen molar-refractivity contribution in [3.05, 3.63) is 94.6 Å². The summed E-state index contributed by atoms with van der Waals surface area (Å²) in [6.07, 6.45) is 0. The van der Waals surface area contributed by atoms with Gasteiger partial charge in [-0.15, -0.1) is 11.3 Å². The van der Waals surface area contributed by atoms with Gasteiger partial charge in [-0.2, -0.15) is 9.78 Å². The number of hydrogen-bond donors (Lipinski definition) is 0. The number of fused-ring (bicyclic) bond motifs is 1. The second-order valence-electron chi connectivity index (χ2n) is 6.60. The molecule has 2 aromatic heterocycles. The van der Waals surface area contributed by atoms with E-state index >= 15 is 0 Å². The first-order chi connectivity index (χ1) is 14.1. The highest BCUT2D eigenvalue weighted by Crippen LogP contribution is 2.36. The molecule has 1 unspecified atom stereocenters. The maximum atomic E-state index is 13.4. The molecule has 0 N–H and O–H groups in total. The van der Waals surface area contributed by atoms with Crippen molar-refractivity contribution in [2.75, 3.05) is 4.90 Å². The summed E-state index contributed by atoms with van der Waals surface area (Å²) in [6, 6.07) is 19.4. The molecule has 7 heteroatoms. The molecule has 0 fully saturated rings. The van der Waals surface area contributed by atoms with Gasteiger partial charge in [-0.1, -0.05) is 24.3 Å². The molecule has 0 saturated heterocycles. The van der Waals surface area contributed by atoms with Crippen LogP contribution < -0.4 is 4.90 Å². The summed E-state index contributed by atoms with van der Waals surface area (Å²) in [4.78, 5) is 29.1. The molecule has 0 bridgehead atoms. The lowest BCUT2D eigenvalue weighted by molar-refractivity contribution is 0.0776. The predicted molar refractivity (Wildman–Crippen MR) is 109 cm³/mol. The van der Waals surface area contributed by atoms with E-state index in [0.717, 1.165) is 4.88 Å². The first kappa shape index (κ1) is 17.5. The van der Waals surface area contributed by atoms with Crippen LogP contribution in [0.3, 0.4) is 0 Å². The minimum absolute atomic E-state index is 0.186. The highest BCUT2D eigenvalue weighted by Gasteiger charge is 2.42. The SMILES string of the molecule is O=C1c2cc(-c3ccc(F)cc3)nn2C(=O)C(c2cccs2)N1c1ccccc1. The topological polar surface area (TPSA) is 55.2 Å². The molecule has 1 aliphatic heterocycles. The van der Waals surface area contributed by atoms with Gasteiger partial charge in [0.25, 0.3) is 11.8 Å². The molecular formula is C22H14FN3O2S. The number of rotatable bonds is 3. The van der Waals surface area contributed by atoms with Crippen LogP contribution in [-0.2, 0) is 0 Å². The fourth-order valence-electron chi connectivity index (χ4n) is 3.48. The average molecular weight is 403 g/mol. The van der Waals surface area contributed by atoms with Crippen molar-refractivity contribution in [3.8, 4) is 11.3 Å². The molecule has 1 aliphatic rings. The predicted octanol–water partition coefficient (Wildman–Crippen LogP) is 4.79. The van der Waals surface area contributed by atoms with Gasteiger partial charge < -0.3 is 0 Å². The van der Waals surface area contributed by atoms with Gasteiger partial charge in [0.2, 0.25) is 0 Å². The molecule has 4 aromatic rings. The molecule has 29 heavy (non-hydrogen) atoms. The molecule has 0 saturated carbocycles. The smallest absolute Gasteiger partial charge is 0.278 e. The standard InChI is InChI=1S/C22H14FN3O2S/c23-15-10-8-14(9-11-15)17-13-18-21(27)25(16-5-2-1-3-6-16)20(19-7-4-12-29-19)22(28)26(18)24-17/h1-13,20H. The fourth-order valence-corrected chi connectivity index (χ4v) is 4.29. The minimum Gasteiger partial charge on any atom is -0.289 e. The number of nitrogens with zero attached hydrogens (tertiary/aromatic N) is 3. The highest BCUT2D eigenvalue weighted by molar-refractivity contribution is 7.10. The lowest BCUT2D eigenvalue weighted by atomic mass is 10.1. The minimum atomic E-state index is -0.793. The van der Waals surface area contributed by atoms with Crippen LogP contribution in [0.1, 0.15) is 26.2 Å². The van der Waals surface area contributed by atoms with E-state index in [2.05, 4.69) is 5.10 Å². The number of amides is 1. The second kappa shape index (κ2) is 6.79. The van der Waals surface area contributed by atoms with E-state index in [0.29, 0.717) is 16.9 Å². The maximum Gasteiger partial charge on any atom is 0.278 e. The van der Waals surface area contributed by atoms with Crippen molar-refractivity contribution < 1.29 is 14.0 Å². The third kappa shape index (κ3) is 2.87. The normalized spacial score (nSPS) is 16.2. The first-order valence-electron chi connectivity index (χ1n) is 8.96. The Balaban J connectivity index is 1.67. The largest absolute Gasteiger partial charge is 0.289 e. The van der Waals surface area contributed by atoms with Crippen molar-refractivity contribution >= 4 is 28.8 Å². The second-order valence-corrected chi connectivity index (χ2v) is 7.58. The summed E-state index contributed by atoms with van der Waals surface area (Å²) in [5.41, 5.74) is 1.90. The zero-order valence-electron chi connectivity index (χ0n) is 15.0. The lowest BCUT2D eigenvalue weighted by Gasteiger charge is -2.33. The maximum absolute atomic E-state index is 13.4. The molecule has 3 heterocycles. The molecule has 5 nitrogen and oxygen atoms in total. The number of halogens is 1. The molecule has 1 amide bonds. The van der Waals surface area contributed by atoms with Crippen molar-refractivity contribution in [1.29, 1.82) is 0 Å². The summed E-state index contributed by atoms with van der Waals surface area (Å²) < 4.78 is 14.4. The van der Waals surface area contributed by atoms with Crippen LogP contribution in [0, 0.1) is 5.82 Å². The van der Waals surface area contributed by atoms with E-state index in [9.17, 15) is 14.0 Å². The molecule has 5 rings (SSSR count). The number of carbonyl (C=O) groups excluding carboxylic acids is 2. The number of anilines is 1. The van der Waals surface area contributed by atoms with Crippen LogP contribution >= 0.6 is 11.3 Å². The Kier molecular flexibility index (Phi) is 4.10. The quantitative estimate of drug-likeness (QED) is 0.494. The van der Waals surface area contributed by atoms with Gasteiger partial charge in [0.1, 0.15) is 11.5 Å². The van der Waals surface area contributed by atoms with Gasteiger partial charge in [0.15, 0.2) is 6.04 Å². The summed E-state index contributed by atoms with van der Waals surface area (Å²) in [5.74, 6) is -0.979. The number of thiophene rings is 1.